The van der Waals surface area contributed by atoms with Gasteiger partial charge in [0, 0.05) is 31.1 Å². The highest BCUT2D eigenvalue weighted by Gasteiger charge is 2.24. The number of anilines is 1. The van der Waals surface area contributed by atoms with Crippen LogP contribution in [0.5, 0.6) is 5.75 Å². The van der Waals surface area contributed by atoms with E-state index >= 15 is 0 Å². The topological polar surface area (TPSA) is 74.2 Å². The van der Waals surface area contributed by atoms with E-state index in [2.05, 4.69) is 22.8 Å². The van der Waals surface area contributed by atoms with E-state index in [1.54, 1.807) is 13.2 Å². The van der Waals surface area contributed by atoms with Crippen molar-refractivity contribution in [3.63, 3.8) is 0 Å². The van der Waals surface area contributed by atoms with Crippen LogP contribution in [0.2, 0.25) is 0 Å². The summed E-state index contributed by atoms with van der Waals surface area (Å²) >= 11 is 0. The van der Waals surface area contributed by atoms with Crippen LogP contribution in [0.1, 0.15) is 29.0 Å². The number of hydrogen-bond acceptors (Lipinski definition) is 4. The molecule has 0 saturated carbocycles. The van der Waals surface area contributed by atoms with Crippen molar-refractivity contribution < 1.29 is 9.53 Å². The van der Waals surface area contributed by atoms with Gasteiger partial charge in [0.25, 0.3) is 0 Å². The quantitative estimate of drug-likeness (QED) is 0.888. The average molecular weight is 321 g/mol. The highest BCUT2D eigenvalue weighted by Crippen LogP contribution is 2.31. The fourth-order valence-corrected chi connectivity index (χ4v) is 3.03. The number of nitrogens with one attached hydrogen (secondary N) is 2. The van der Waals surface area contributed by atoms with Crippen molar-refractivity contribution in [2.24, 2.45) is 0 Å². The minimum absolute atomic E-state index is 0.0525. The van der Waals surface area contributed by atoms with Gasteiger partial charge in [-0.3, -0.25) is 4.79 Å². The summed E-state index contributed by atoms with van der Waals surface area (Å²) in [5.41, 5.74) is 3.61. The molecule has 1 aliphatic rings. The summed E-state index contributed by atoms with van der Waals surface area (Å²) in [5, 5.41) is 15.4. The minimum atomic E-state index is 0.0525. The van der Waals surface area contributed by atoms with Gasteiger partial charge in [0.1, 0.15) is 11.8 Å². The van der Waals surface area contributed by atoms with E-state index in [9.17, 15) is 4.79 Å². The molecular weight excluding hydrogens is 302 g/mol. The molecule has 0 radical (unpaired) electrons. The van der Waals surface area contributed by atoms with Gasteiger partial charge in [-0.25, -0.2) is 0 Å². The Balaban J connectivity index is 1.65. The maximum Gasteiger partial charge on any atom is 0.225 e. The molecule has 0 aliphatic carbocycles. The number of amides is 1. The van der Waals surface area contributed by atoms with Gasteiger partial charge in [0.05, 0.1) is 12.7 Å². The molecule has 1 atom stereocenters. The number of para-hydroxylation sites is 1. The summed E-state index contributed by atoms with van der Waals surface area (Å²) in [5.74, 6) is 0.791. The maximum atomic E-state index is 11.8. The number of nitriles is 1. The predicted octanol–water partition coefficient (Wildman–Crippen LogP) is 2.78. The van der Waals surface area contributed by atoms with E-state index in [-0.39, 0.29) is 11.8 Å². The minimum Gasteiger partial charge on any atom is -0.495 e. The highest BCUT2D eigenvalue weighted by atomic mass is 16.5. The van der Waals surface area contributed by atoms with E-state index in [0.29, 0.717) is 30.8 Å². The monoisotopic (exact) mass is 321 g/mol. The summed E-state index contributed by atoms with van der Waals surface area (Å²) in [6.45, 7) is 1.34. The lowest BCUT2D eigenvalue weighted by molar-refractivity contribution is -0.116. The molecule has 1 amide bonds. The number of rotatable bonds is 5. The van der Waals surface area contributed by atoms with Gasteiger partial charge >= 0.3 is 0 Å². The Morgan fingerprint density at radius 3 is 2.96 bits per heavy atom. The van der Waals surface area contributed by atoms with E-state index in [0.717, 1.165) is 16.8 Å². The lowest BCUT2D eigenvalue weighted by Gasteiger charge is -2.25. The third-order valence-corrected chi connectivity index (χ3v) is 4.21. The van der Waals surface area contributed by atoms with Crippen molar-refractivity contribution in [2.75, 3.05) is 19.0 Å². The molecule has 2 aromatic rings. The van der Waals surface area contributed by atoms with Crippen molar-refractivity contribution in [2.45, 2.75) is 18.9 Å². The SMILES string of the molecule is COc1ccc(CNCC2CC(=O)Nc3ccccc32)cc1C#N. The Labute approximate surface area is 141 Å². The third kappa shape index (κ3) is 3.39. The van der Waals surface area contributed by atoms with Crippen LogP contribution in [-0.4, -0.2) is 19.6 Å². The second kappa shape index (κ2) is 7.16. The molecule has 5 nitrogen and oxygen atoms in total. The first-order valence-electron chi connectivity index (χ1n) is 7.87. The maximum absolute atomic E-state index is 11.8. The van der Waals surface area contributed by atoms with E-state index < -0.39 is 0 Å². The number of carbonyl (C=O) groups is 1. The fourth-order valence-electron chi connectivity index (χ4n) is 3.03. The zero-order valence-corrected chi connectivity index (χ0v) is 13.5. The van der Waals surface area contributed by atoms with Gasteiger partial charge < -0.3 is 15.4 Å². The number of benzene rings is 2. The standard InChI is InChI=1S/C19H19N3O2/c1-24-18-7-6-13(8-14(18)10-20)11-21-12-15-9-19(23)22-17-5-3-2-4-16(15)17/h2-8,15,21H,9,11-12H2,1H3,(H,22,23). The van der Waals surface area contributed by atoms with E-state index in [4.69, 9.17) is 10.00 Å². The number of ether oxygens (including phenoxy) is 1. The Morgan fingerprint density at radius 1 is 1.33 bits per heavy atom. The van der Waals surface area contributed by atoms with Gasteiger partial charge in [-0.2, -0.15) is 5.26 Å². The Hall–Kier alpha value is -2.84. The fraction of sp³-hybridized carbons (Fsp3) is 0.263. The largest absolute Gasteiger partial charge is 0.495 e. The summed E-state index contributed by atoms with van der Waals surface area (Å²) in [6, 6.07) is 15.6. The number of nitrogens with zero attached hydrogens (tertiary/aromatic N) is 1. The van der Waals surface area contributed by atoms with Gasteiger partial charge in [0.15, 0.2) is 0 Å². The van der Waals surface area contributed by atoms with Crippen LogP contribution in [0.25, 0.3) is 0 Å². The van der Waals surface area contributed by atoms with E-state index in [1.807, 2.05) is 30.3 Å². The third-order valence-electron chi connectivity index (χ3n) is 4.21. The van der Waals surface area contributed by atoms with Crippen LogP contribution in [0.4, 0.5) is 5.69 Å². The molecule has 1 aliphatic heterocycles. The van der Waals surface area contributed by atoms with Crippen molar-refractivity contribution >= 4 is 11.6 Å². The summed E-state index contributed by atoms with van der Waals surface area (Å²) in [4.78, 5) is 11.8. The number of carbonyl (C=O) groups excluding carboxylic acids is 1. The summed E-state index contributed by atoms with van der Waals surface area (Å²) < 4.78 is 5.15. The number of fused-ring (bicyclic) bond motifs is 1. The summed E-state index contributed by atoms with van der Waals surface area (Å²) in [6.07, 6.45) is 0.482. The van der Waals surface area contributed by atoms with Crippen LogP contribution < -0.4 is 15.4 Å². The van der Waals surface area contributed by atoms with Crippen molar-refractivity contribution in [1.82, 2.24) is 5.32 Å². The zero-order valence-electron chi connectivity index (χ0n) is 13.5. The van der Waals surface area contributed by atoms with Gasteiger partial charge in [-0.05, 0) is 29.3 Å². The van der Waals surface area contributed by atoms with Crippen LogP contribution in [0.3, 0.4) is 0 Å². The lowest BCUT2D eigenvalue weighted by Crippen LogP contribution is -2.29. The van der Waals surface area contributed by atoms with Crippen LogP contribution in [-0.2, 0) is 11.3 Å². The van der Waals surface area contributed by atoms with Crippen LogP contribution >= 0.6 is 0 Å². The van der Waals surface area contributed by atoms with Crippen LogP contribution in [0.15, 0.2) is 42.5 Å². The molecule has 5 heteroatoms. The van der Waals surface area contributed by atoms with Gasteiger partial charge in [-0.15, -0.1) is 0 Å². The molecule has 0 saturated heterocycles. The normalized spacial score (nSPS) is 16.0. The molecule has 1 unspecified atom stereocenters. The van der Waals surface area contributed by atoms with Gasteiger partial charge in [-0.1, -0.05) is 24.3 Å². The Kier molecular flexibility index (Phi) is 4.78. The Bertz CT molecular complexity index is 795. The van der Waals surface area contributed by atoms with Crippen molar-refractivity contribution in [3.8, 4) is 11.8 Å². The van der Waals surface area contributed by atoms with Gasteiger partial charge in [0.2, 0.25) is 5.91 Å². The average Bonchev–Trinajstić information content (AvgIpc) is 2.61. The molecular formula is C19H19N3O2. The second-order valence-electron chi connectivity index (χ2n) is 5.81. The second-order valence-corrected chi connectivity index (χ2v) is 5.81. The van der Waals surface area contributed by atoms with Crippen molar-refractivity contribution in [3.05, 3.63) is 59.2 Å². The first-order valence-corrected chi connectivity index (χ1v) is 7.87. The number of hydrogen-bond donors (Lipinski definition) is 2. The number of methoxy groups -OCH3 is 1. The molecule has 0 fully saturated rings. The molecule has 0 bridgehead atoms. The molecule has 24 heavy (non-hydrogen) atoms. The highest BCUT2D eigenvalue weighted by molar-refractivity contribution is 5.94. The molecule has 0 aromatic heterocycles. The lowest BCUT2D eigenvalue weighted by atomic mass is 9.90. The molecule has 2 N–H and O–H groups in total. The van der Waals surface area contributed by atoms with Crippen molar-refractivity contribution in [1.29, 1.82) is 5.26 Å². The molecule has 1 heterocycles. The zero-order chi connectivity index (χ0) is 16.9. The molecule has 0 spiro atoms. The smallest absolute Gasteiger partial charge is 0.225 e. The van der Waals surface area contributed by atoms with Crippen LogP contribution in [0, 0.1) is 11.3 Å². The molecule has 2 aromatic carbocycles. The molecule has 122 valence electrons. The first kappa shape index (κ1) is 16.0. The summed E-state index contributed by atoms with van der Waals surface area (Å²) in [7, 11) is 1.56. The molecule has 3 rings (SSSR count). The first-order chi connectivity index (χ1) is 11.7. The predicted molar refractivity (Wildman–Crippen MR) is 91.8 cm³/mol. The van der Waals surface area contributed by atoms with E-state index in [1.165, 1.54) is 0 Å². The Morgan fingerprint density at radius 2 is 2.17 bits per heavy atom.